The van der Waals surface area contributed by atoms with Crippen LogP contribution < -0.4 is 15.0 Å². The second-order valence-corrected chi connectivity index (χ2v) is 5.80. The number of carbonyl (C=O) groups excluding carboxylic acids is 1. The van der Waals surface area contributed by atoms with Crippen LogP contribution in [-0.2, 0) is 11.2 Å². The molecule has 24 heavy (non-hydrogen) atoms. The molecule has 0 aliphatic carbocycles. The van der Waals surface area contributed by atoms with Gasteiger partial charge in [0.2, 0.25) is 5.91 Å². The van der Waals surface area contributed by atoms with Crippen molar-refractivity contribution in [1.82, 2.24) is 0 Å². The summed E-state index contributed by atoms with van der Waals surface area (Å²) in [5.74, 6) is 0.617. The van der Waals surface area contributed by atoms with Crippen molar-refractivity contribution in [2.45, 2.75) is 12.8 Å². The number of para-hydroxylation sites is 3. The van der Waals surface area contributed by atoms with Crippen LogP contribution in [0.4, 0.5) is 11.4 Å². The topological polar surface area (TPSA) is 41.6 Å². The van der Waals surface area contributed by atoms with Crippen LogP contribution >= 0.6 is 0 Å². The summed E-state index contributed by atoms with van der Waals surface area (Å²) in [7, 11) is 0. The van der Waals surface area contributed by atoms with Crippen molar-refractivity contribution in [1.29, 1.82) is 0 Å². The molecular formula is C20H22N2O2. The summed E-state index contributed by atoms with van der Waals surface area (Å²) in [6.07, 6.45) is 3.83. The maximum absolute atomic E-state index is 12.5. The molecule has 1 aliphatic rings. The fraction of sp³-hybridized carbons (Fsp3) is 0.250. The normalized spacial score (nSPS) is 13.1. The van der Waals surface area contributed by atoms with Gasteiger partial charge in [-0.05, 0) is 36.6 Å². The standard InChI is InChI=1S/C20H22N2O2/c1-2-14-24-19-12-6-4-10-17(19)21-20(23)15-22-13-7-9-16-8-3-5-11-18(16)22/h2-6,8,10-12H,1,7,9,13-15H2,(H,21,23). The minimum absolute atomic E-state index is 0.0404. The van der Waals surface area contributed by atoms with Crippen molar-refractivity contribution in [3.05, 3.63) is 66.7 Å². The molecular weight excluding hydrogens is 300 g/mol. The van der Waals surface area contributed by atoms with Crippen LogP contribution in [0.2, 0.25) is 0 Å². The van der Waals surface area contributed by atoms with Gasteiger partial charge in [0.15, 0.2) is 0 Å². The van der Waals surface area contributed by atoms with E-state index in [-0.39, 0.29) is 5.91 Å². The van der Waals surface area contributed by atoms with Crippen LogP contribution in [0.1, 0.15) is 12.0 Å². The fourth-order valence-corrected chi connectivity index (χ4v) is 2.98. The van der Waals surface area contributed by atoms with E-state index >= 15 is 0 Å². The molecule has 0 fully saturated rings. The molecule has 0 saturated heterocycles. The number of aryl methyl sites for hydroxylation is 1. The number of hydrogen-bond acceptors (Lipinski definition) is 3. The largest absolute Gasteiger partial charge is 0.487 e. The maximum atomic E-state index is 12.5. The number of amides is 1. The molecule has 2 aromatic carbocycles. The number of benzene rings is 2. The van der Waals surface area contributed by atoms with E-state index in [0.29, 0.717) is 24.6 Å². The predicted molar refractivity (Wildman–Crippen MR) is 97.7 cm³/mol. The first kappa shape index (κ1) is 16.1. The lowest BCUT2D eigenvalue weighted by Crippen LogP contribution is -2.36. The Bertz CT molecular complexity index is 727. The third-order valence-electron chi connectivity index (χ3n) is 4.06. The molecule has 1 heterocycles. The Hall–Kier alpha value is -2.75. The van der Waals surface area contributed by atoms with Gasteiger partial charge in [0.1, 0.15) is 12.4 Å². The second-order valence-electron chi connectivity index (χ2n) is 5.80. The van der Waals surface area contributed by atoms with E-state index in [4.69, 9.17) is 4.74 Å². The number of nitrogens with one attached hydrogen (secondary N) is 1. The molecule has 0 saturated carbocycles. The van der Waals surface area contributed by atoms with Crippen LogP contribution in [0.3, 0.4) is 0 Å². The number of carbonyl (C=O) groups is 1. The highest BCUT2D eigenvalue weighted by atomic mass is 16.5. The lowest BCUT2D eigenvalue weighted by molar-refractivity contribution is -0.115. The van der Waals surface area contributed by atoms with Gasteiger partial charge in [-0.3, -0.25) is 4.79 Å². The highest BCUT2D eigenvalue weighted by Crippen LogP contribution is 2.27. The molecule has 1 aliphatic heterocycles. The minimum atomic E-state index is -0.0404. The molecule has 0 radical (unpaired) electrons. The molecule has 0 bridgehead atoms. The number of hydrogen-bond donors (Lipinski definition) is 1. The monoisotopic (exact) mass is 322 g/mol. The molecule has 124 valence electrons. The van der Waals surface area contributed by atoms with Gasteiger partial charge in [-0.25, -0.2) is 0 Å². The van der Waals surface area contributed by atoms with Crippen molar-refractivity contribution in [3.8, 4) is 5.75 Å². The Kier molecular flexibility index (Phi) is 5.16. The highest BCUT2D eigenvalue weighted by molar-refractivity contribution is 5.95. The molecule has 3 rings (SSSR count). The molecule has 0 unspecified atom stereocenters. The van der Waals surface area contributed by atoms with Gasteiger partial charge in [-0.15, -0.1) is 0 Å². The lowest BCUT2D eigenvalue weighted by Gasteiger charge is -2.30. The van der Waals surface area contributed by atoms with Crippen molar-refractivity contribution in [3.63, 3.8) is 0 Å². The van der Waals surface area contributed by atoms with Gasteiger partial charge in [-0.2, -0.15) is 0 Å². The number of rotatable bonds is 6. The van der Waals surface area contributed by atoms with Crippen molar-refractivity contribution in [2.75, 3.05) is 29.9 Å². The van der Waals surface area contributed by atoms with Gasteiger partial charge in [0.05, 0.1) is 12.2 Å². The lowest BCUT2D eigenvalue weighted by atomic mass is 10.0. The van der Waals surface area contributed by atoms with Gasteiger partial charge in [0, 0.05) is 12.2 Å². The van der Waals surface area contributed by atoms with Crippen LogP contribution in [0.15, 0.2) is 61.2 Å². The Morgan fingerprint density at radius 1 is 1.21 bits per heavy atom. The quantitative estimate of drug-likeness (QED) is 0.826. The third-order valence-corrected chi connectivity index (χ3v) is 4.06. The van der Waals surface area contributed by atoms with E-state index in [2.05, 4.69) is 35.0 Å². The van der Waals surface area contributed by atoms with Gasteiger partial charge in [-0.1, -0.05) is 43.0 Å². The third kappa shape index (κ3) is 3.77. The minimum Gasteiger partial charge on any atom is -0.487 e. The van der Waals surface area contributed by atoms with Crippen LogP contribution in [-0.4, -0.2) is 25.6 Å². The van der Waals surface area contributed by atoms with Crippen molar-refractivity contribution < 1.29 is 9.53 Å². The molecule has 0 atom stereocenters. The zero-order chi connectivity index (χ0) is 16.8. The van der Waals surface area contributed by atoms with Crippen molar-refractivity contribution >= 4 is 17.3 Å². The maximum Gasteiger partial charge on any atom is 0.243 e. The number of nitrogens with zero attached hydrogens (tertiary/aromatic N) is 1. The number of anilines is 2. The van der Waals surface area contributed by atoms with Gasteiger partial charge >= 0.3 is 0 Å². The average molecular weight is 322 g/mol. The zero-order valence-electron chi connectivity index (χ0n) is 13.7. The van der Waals surface area contributed by atoms with Crippen LogP contribution in [0, 0.1) is 0 Å². The van der Waals surface area contributed by atoms with Crippen LogP contribution in [0.25, 0.3) is 0 Å². The summed E-state index contributed by atoms with van der Waals surface area (Å²) in [5, 5.41) is 2.96. The molecule has 1 amide bonds. The fourth-order valence-electron chi connectivity index (χ4n) is 2.98. The Balaban J connectivity index is 1.68. The Labute approximate surface area is 142 Å². The summed E-state index contributed by atoms with van der Waals surface area (Å²) in [6.45, 7) is 5.30. The van der Waals surface area contributed by atoms with E-state index in [9.17, 15) is 4.79 Å². The van der Waals surface area contributed by atoms with E-state index < -0.39 is 0 Å². The molecule has 0 aromatic heterocycles. The molecule has 0 spiro atoms. The summed E-state index contributed by atoms with van der Waals surface area (Å²) in [4.78, 5) is 14.6. The molecule has 1 N–H and O–H groups in total. The number of fused-ring (bicyclic) bond motifs is 1. The van der Waals surface area contributed by atoms with E-state index in [1.54, 1.807) is 6.08 Å². The van der Waals surface area contributed by atoms with Crippen LogP contribution in [0.5, 0.6) is 5.75 Å². The molecule has 2 aromatic rings. The summed E-state index contributed by atoms with van der Waals surface area (Å²) in [6, 6.07) is 15.8. The highest BCUT2D eigenvalue weighted by Gasteiger charge is 2.19. The molecule has 4 heteroatoms. The first-order chi connectivity index (χ1) is 11.8. The summed E-state index contributed by atoms with van der Waals surface area (Å²) < 4.78 is 5.59. The second kappa shape index (κ2) is 7.68. The first-order valence-electron chi connectivity index (χ1n) is 8.23. The van der Waals surface area contributed by atoms with E-state index in [1.807, 2.05) is 30.3 Å². The summed E-state index contributed by atoms with van der Waals surface area (Å²) >= 11 is 0. The van der Waals surface area contributed by atoms with Gasteiger partial charge in [0.25, 0.3) is 0 Å². The van der Waals surface area contributed by atoms with E-state index in [1.165, 1.54) is 5.56 Å². The Morgan fingerprint density at radius 2 is 2.00 bits per heavy atom. The zero-order valence-corrected chi connectivity index (χ0v) is 13.7. The Morgan fingerprint density at radius 3 is 2.88 bits per heavy atom. The van der Waals surface area contributed by atoms with Gasteiger partial charge < -0.3 is 15.0 Å². The molecule has 4 nitrogen and oxygen atoms in total. The predicted octanol–water partition coefficient (Wildman–Crippen LogP) is 3.64. The smallest absolute Gasteiger partial charge is 0.243 e. The first-order valence-corrected chi connectivity index (χ1v) is 8.23. The number of ether oxygens (including phenoxy) is 1. The van der Waals surface area contributed by atoms with E-state index in [0.717, 1.165) is 25.1 Å². The summed E-state index contributed by atoms with van der Waals surface area (Å²) in [5.41, 5.74) is 3.16. The van der Waals surface area contributed by atoms with Crippen molar-refractivity contribution in [2.24, 2.45) is 0 Å². The SMILES string of the molecule is C=CCOc1ccccc1NC(=O)CN1CCCc2ccccc21. The average Bonchev–Trinajstić information content (AvgIpc) is 2.61.